The predicted octanol–water partition coefficient (Wildman–Crippen LogP) is 2.29. The van der Waals surface area contributed by atoms with E-state index < -0.39 is 0 Å². The Morgan fingerprint density at radius 1 is 1.42 bits per heavy atom. The van der Waals surface area contributed by atoms with Crippen LogP contribution in [-0.2, 0) is 6.54 Å². The molecule has 0 atom stereocenters. The van der Waals surface area contributed by atoms with Gasteiger partial charge in [-0.1, -0.05) is 5.16 Å². The van der Waals surface area contributed by atoms with E-state index in [-0.39, 0.29) is 6.04 Å². The minimum atomic E-state index is 0.257. The summed E-state index contributed by atoms with van der Waals surface area (Å²) in [4.78, 5) is 2.05. The highest BCUT2D eigenvalue weighted by Crippen LogP contribution is 2.29. The SMILES string of the molecule is Cc1cc(CN(C)c2c(N)c(C)nn2C(C)C)no1. The van der Waals surface area contributed by atoms with E-state index in [1.54, 1.807) is 0 Å². The zero-order valence-electron chi connectivity index (χ0n) is 12.1. The first kappa shape index (κ1) is 13.5. The average Bonchev–Trinajstić information content (AvgIpc) is 2.84. The summed E-state index contributed by atoms with van der Waals surface area (Å²) < 4.78 is 7.03. The normalized spacial score (nSPS) is 11.3. The standard InChI is InChI=1S/C13H21N5O/c1-8(2)18-13(12(14)10(4)15-18)17(5)7-11-6-9(3)19-16-11/h6,8H,7,14H2,1-5H3. The number of aromatic nitrogens is 3. The smallest absolute Gasteiger partial charge is 0.151 e. The first-order valence-electron chi connectivity index (χ1n) is 6.38. The van der Waals surface area contributed by atoms with Gasteiger partial charge in [-0.05, 0) is 27.7 Å². The van der Waals surface area contributed by atoms with Crippen LogP contribution in [0.2, 0.25) is 0 Å². The molecule has 0 saturated carbocycles. The fourth-order valence-corrected chi connectivity index (χ4v) is 2.10. The number of hydrogen-bond donors (Lipinski definition) is 1. The van der Waals surface area contributed by atoms with Crippen molar-refractivity contribution in [3.63, 3.8) is 0 Å². The van der Waals surface area contributed by atoms with Crippen molar-refractivity contribution in [2.75, 3.05) is 17.7 Å². The molecular weight excluding hydrogens is 242 g/mol. The zero-order chi connectivity index (χ0) is 14.2. The predicted molar refractivity (Wildman–Crippen MR) is 75.1 cm³/mol. The van der Waals surface area contributed by atoms with E-state index in [4.69, 9.17) is 10.3 Å². The first-order chi connectivity index (χ1) is 8.90. The molecule has 2 aromatic rings. The van der Waals surface area contributed by atoms with Gasteiger partial charge in [-0.3, -0.25) is 0 Å². The van der Waals surface area contributed by atoms with Crippen molar-refractivity contribution in [3.8, 4) is 0 Å². The van der Waals surface area contributed by atoms with Crippen molar-refractivity contribution in [3.05, 3.63) is 23.2 Å². The van der Waals surface area contributed by atoms with Crippen LogP contribution < -0.4 is 10.6 Å². The van der Waals surface area contributed by atoms with E-state index >= 15 is 0 Å². The summed E-state index contributed by atoms with van der Waals surface area (Å²) in [6.45, 7) is 8.62. The second-order valence-corrected chi connectivity index (χ2v) is 5.15. The van der Waals surface area contributed by atoms with Gasteiger partial charge in [0.2, 0.25) is 0 Å². The van der Waals surface area contributed by atoms with Gasteiger partial charge in [-0.25, -0.2) is 4.68 Å². The lowest BCUT2D eigenvalue weighted by Gasteiger charge is -2.21. The molecular formula is C13H21N5O. The summed E-state index contributed by atoms with van der Waals surface area (Å²) in [6.07, 6.45) is 0. The van der Waals surface area contributed by atoms with Crippen LogP contribution in [0.25, 0.3) is 0 Å². The third-order valence-corrected chi connectivity index (χ3v) is 3.03. The molecule has 0 fully saturated rings. The Hall–Kier alpha value is -1.98. The molecule has 0 aromatic carbocycles. The van der Waals surface area contributed by atoms with Gasteiger partial charge in [0, 0.05) is 19.2 Å². The van der Waals surface area contributed by atoms with E-state index in [0.29, 0.717) is 6.54 Å². The molecule has 2 N–H and O–H groups in total. The van der Waals surface area contributed by atoms with E-state index in [9.17, 15) is 0 Å². The summed E-state index contributed by atoms with van der Waals surface area (Å²) in [6, 6.07) is 2.18. The molecule has 0 radical (unpaired) electrons. The highest BCUT2D eigenvalue weighted by molar-refractivity contribution is 5.66. The topological polar surface area (TPSA) is 73.1 Å². The molecule has 2 rings (SSSR count). The van der Waals surface area contributed by atoms with Crippen LogP contribution in [0, 0.1) is 13.8 Å². The zero-order valence-corrected chi connectivity index (χ0v) is 12.1. The molecule has 0 aliphatic carbocycles. The fraction of sp³-hybridized carbons (Fsp3) is 0.538. The van der Waals surface area contributed by atoms with Gasteiger partial charge >= 0.3 is 0 Å². The largest absolute Gasteiger partial charge is 0.394 e. The molecule has 0 unspecified atom stereocenters. The summed E-state index contributed by atoms with van der Waals surface area (Å²) in [5.41, 5.74) is 8.59. The Morgan fingerprint density at radius 3 is 2.63 bits per heavy atom. The van der Waals surface area contributed by atoms with Gasteiger partial charge < -0.3 is 15.2 Å². The molecule has 104 valence electrons. The van der Waals surface area contributed by atoms with Crippen LogP contribution in [0.4, 0.5) is 11.5 Å². The lowest BCUT2D eigenvalue weighted by atomic mass is 10.3. The second kappa shape index (κ2) is 4.95. The van der Waals surface area contributed by atoms with Gasteiger partial charge in [-0.2, -0.15) is 5.10 Å². The van der Waals surface area contributed by atoms with E-state index in [2.05, 4.69) is 24.1 Å². The van der Waals surface area contributed by atoms with Crippen LogP contribution in [-0.4, -0.2) is 22.0 Å². The molecule has 0 saturated heterocycles. The molecule has 6 nitrogen and oxygen atoms in total. The average molecular weight is 263 g/mol. The van der Waals surface area contributed by atoms with Crippen LogP contribution >= 0.6 is 0 Å². The van der Waals surface area contributed by atoms with Crippen molar-refractivity contribution in [2.24, 2.45) is 0 Å². The number of aryl methyl sites for hydroxylation is 2. The van der Waals surface area contributed by atoms with Crippen LogP contribution in [0.3, 0.4) is 0 Å². The molecule has 2 aromatic heterocycles. The lowest BCUT2D eigenvalue weighted by molar-refractivity contribution is 0.390. The number of hydrogen-bond acceptors (Lipinski definition) is 5. The maximum atomic E-state index is 6.13. The number of nitrogen functional groups attached to an aromatic ring is 1. The third kappa shape index (κ3) is 2.57. The van der Waals surface area contributed by atoms with Gasteiger partial charge in [0.25, 0.3) is 0 Å². The first-order valence-corrected chi connectivity index (χ1v) is 6.38. The molecule has 0 spiro atoms. The third-order valence-electron chi connectivity index (χ3n) is 3.03. The monoisotopic (exact) mass is 263 g/mol. The van der Waals surface area contributed by atoms with Crippen LogP contribution in [0.15, 0.2) is 10.6 Å². The maximum Gasteiger partial charge on any atom is 0.151 e. The molecule has 0 aliphatic heterocycles. The van der Waals surface area contributed by atoms with Crippen molar-refractivity contribution in [1.29, 1.82) is 0 Å². The maximum absolute atomic E-state index is 6.13. The minimum Gasteiger partial charge on any atom is -0.394 e. The van der Waals surface area contributed by atoms with Crippen molar-refractivity contribution in [1.82, 2.24) is 14.9 Å². The van der Waals surface area contributed by atoms with Gasteiger partial charge in [0.05, 0.1) is 17.9 Å². The van der Waals surface area contributed by atoms with Crippen molar-refractivity contribution >= 4 is 11.5 Å². The summed E-state index contributed by atoms with van der Waals surface area (Å²) >= 11 is 0. The van der Waals surface area contributed by atoms with Crippen LogP contribution in [0.1, 0.15) is 37.0 Å². The molecule has 0 bridgehead atoms. The number of nitrogens with two attached hydrogens (primary N) is 1. The Morgan fingerprint density at radius 2 is 2.11 bits per heavy atom. The van der Waals surface area contributed by atoms with Gasteiger partial charge in [0.15, 0.2) is 5.82 Å². The van der Waals surface area contributed by atoms with Gasteiger partial charge in [0.1, 0.15) is 11.5 Å². The second-order valence-electron chi connectivity index (χ2n) is 5.15. The van der Waals surface area contributed by atoms with Crippen molar-refractivity contribution < 1.29 is 4.52 Å². The Balaban J connectivity index is 2.30. The van der Waals surface area contributed by atoms with E-state index in [1.807, 2.05) is 36.5 Å². The molecule has 2 heterocycles. The number of nitrogens with zero attached hydrogens (tertiary/aromatic N) is 4. The summed E-state index contributed by atoms with van der Waals surface area (Å²) in [5, 5.41) is 8.49. The Bertz CT molecular complexity index is 570. The fourth-order valence-electron chi connectivity index (χ4n) is 2.10. The molecule has 6 heteroatoms. The minimum absolute atomic E-state index is 0.257. The Labute approximate surface area is 113 Å². The van der Waals surface area contributed by atoms with E-state index in [1.165, 1.54) is 0 Å². The quantitative estimate of drug-likeness (QED) is 0.916. The summed E-state index contributed by atoms with van der Waals surface area (Å²) in [5.74, 6) is 1.73. The van der Waals surface area contributed by atoms with Gasteiger partial charge in [-0.15, -0.1) is 0 Å². The highest BCUT2D eigenvalue weighted by atomic mass is 16.5. The molecule has 19 heavy (non-hydrogen) atoms. The van der Waals surface area contributed by atoms with E-state index in [0.717, 1.165) is 28.7 Å². The summed E-state index contributed by atoms with van der Waals surface area (Å²) in [7, 11) is 1.98. The van der Waals surface area contributed by atoms with Crippen molar-refractivity contribution in [2.45, 2.75) is 40.3 Å². The van der Waals surface area contributed by atoms with Crippen LogP contribution in [0.5, 0.6) is 0 Å². The Kier molecular flexibility index (Phi) is 3.50. The molecule has 0 aliphatic rings. The molecule has 0 amide bonds. The highest BCUT2D eigenvalue weighted by Gasteiger charge is 2.19. The number of rotatable bonds is 4. The lowest BCUT2D eigenvalue weighted by Crippen LogP contribution is -2.22. The number of anilines is 2.